The molecule has 0 saturated heterocycles. The van der Waals surface area contributed by atoms with E-state index in [9.17, 15) is 24.1 Å². The largest absolute Gasteiger partial charge is 0.326 e. The highest BCUT2D eigenvalue weighted by molar-refractivity contribution is 7.18. The Morgan fingerprint density at radius 1 is 1.36 bits per heavy atom. The molecule has 144 valence electrons. The molecule has 10 heteroatoms. The second kappa shape index (κ2) is 7.12. The number of carbonyl (C=O) groups is 1. The number of nitrogens with one attached hydrogen (secondary N) is 2. The van der Waals surface area contributed by atoms with E-state index in [-0.39, 0.29) is 24.1 Å². The topological polar surface area (TPSA) is 118 Å². The maximum atomic E-state index is 13.4. The molecule has 1 amide bonds. The molecular weight excluding hydrogens is 387 g/mol. The molecule has 0 radical (unpaired) electrons. The van der Waals surface area contributed by atoms with Crippen molar-refractivity contribution < 1.29 is 14.1 Å². The van der Waals surface area contributed by atoms with Crippen LogP contribution in [0.2, 0.25) is 0 Å². The minimum Gasteiger partial charge on any atom is -0.326 e. The molecule has 0 saturated carbocycles. The quantitative estimate of drug-likeness (QED) is 0.502. The molecule has 1 aromatic carbocycles. The fourth-order valence-electron chi connectivity index (χ4n) is 3.37. The van der Waals surface area contributed by atoms with Gasteiger partial charge in [0.15, 0.2) is 0 Å². The van der Waals surface area contributed by atoms with Crippen molar-refractivity contribution in [3.8, 4) is 0 Å². The number of amides is 1. The average Bonchev–Trinajstić information content (AvgIpc) is 3.20. The standard InChI is InChI=1S/C18H15FN4O4S/c19-9-6-10(8-11(7-9)23(26)27)20-15(24)5-4-14-21-17(25)16-12-2-1-3-13(12)28-18(16)22-14/h6-8H,1-5H2,(H,20,24)(H,21,22,25). The number of nitro groups is 1. The molecule has 4 rings (SSSR count). The first-order valence-corrected chi connectivity index (χ1v) is 9.50. The van der Waals surface area contributed by atoms with E-state index in [4.69, 9.17) is 0 Å². The summed E-state index contributed by atoms with van der Waals surface area (Å²) in [6.45, 7) is 0. The van der Waals surface area contributed by atoms with Gasteiger partial charge in [-0.05, 0) is 30.9 Å². The van der Waals surface area contributed by atoms with Crippen LogP contribution in [0.5, 0.6) is 0 Å². The van der Waals surface area contributed by atoms with Crippen LogP contribution in [-0.4, -0.2) is 20.8 Å². The maximum Gasteiger partial charge on any atom is 0.274 e. The second-order valence-electron chi connectivity index (χ2n) is 6.55. The first kappa shape index (κ1) is 18.2. The molecule has 0 fully saturated rings. The predicted molar refractivity (Wildman–Crippen MR) is 102 cm³/mol. The Labute approximate surface area is 161 Å². The first-order valence-electron chi connectivity index (χ1n) is 8.69. The van der Waals surface area contributed by atoms with E-state index in [0.717, 1.165) is 43.0 Å². The minimum atomic E-state index is -0.813. The summed E-state index contributed by atoms with van der Waals surface area (Å²) in [4.78, 5) is 43.6. The van der Waals surface area contributed by atoms with Gasteiger partial charge in [-0.2, -0.15) is 0 Å². The number of H-pyrrole nitrogens is 1. The third-order valence-electron chi connectivity index (χ3n) is 4.59. The Hall–Kier alpha value is -3.14. The number of aromatic nitrogens is 2. The van der Waals surface area contributed by atoms with Crippen molar-refractivity contribution >= 4 is 38.8 Å². The van der Waals surface area contributed by atoms with Gasteiger partial charge >= 0.3 is 0 Å². The number of hydrogen-bond acceptors (Lipinski definition) is 6. The summed E-state index contributed by atoms with van der Waals surface area (Å²) in [5.41, 5.74) is 0.451. The van der Waals surface area contributed by atoms with Crippen molar-refractivity contribution in [1.82, 2.24) is 9.97 Å². The molecule has 0 atom stereocenters. The highest BCUT2D eigenvalue weighted by atomic mass is 32.1. The van der Waals surface area contributed by atoms with Crippen LogP contribution in [0.15, 0.2) is 23.0 Å². The molecule has 0 aliphatic heterocycles. The Balaban J connectivity index is 1.47. The molecule has 0 bridgehead atoms. The molecule has 2 N–H and O–H groups in total. The van der Waals surface area contributed by atoms with Gasteiger partial charge in [0.25, 0.3) is 11.2 Å². The van der Waals surface area contributed by atoms with Crippen molar-refractivity contribution in [3.63, 3.8) is 0 Å². The highest BCUT2D eigenvalue weighted by Gasteiger charge is 2.21. The highest BCUT2D eigenvalue weighted by Crippen LogP contribution is 2.34. The zero-order chi connectivity index (χ0) is 19.8. The number of fused-ring (bicyclic) bond motifs is 3. The number of non-ortho nitro benzene ring substituents is 1. The van der Waals surface area contributed by atoms with Crippen LogP contribution in [0.3, 0.4) is 0 Å². The number of nitro benzene ring substituents is 1. The fourth-order valence-corrected chi connectivity index (χ4v) is 4.65. The molecule has 0 spiro atoms. The molecule has 1 aliphatic carbocycles. The lowest BCUT2D eigenvalue weighted by Crippen LogP contribution is -2.16. The molecule has 0 unspecified atom stereocenters. The van der Waals surface area contributed by atoms with Gasteiger partial charge in [0, 0.05) is 23.8 Å². The van der Waals surface area contributed by atoms with E-state index >= 15 is 0 Å². The van der Waals surface area contributed by atoms with E-state index < -0.39 is 22.3 Å². The summed E-state index contributed by atoms with van der Waals surface area (Å²) >= 11 is 1.52. The number of nitrogens with zero attached hydrogens (tertiary/aromatic N) is 2. The fraction of sp³-hybridized carbons (Fsp3) is 0.278. The van der Waals surface area contributed by atoms with Crippen LogP contribution in [0.25, 0.3) is 10.2 Å². The van der Waals surface area contributed by atoms with E-state index in [1.54, 1.807) is 0 Å². The van der Waals surface area contributed by atoms with Crippen LogP contribution in [0, 0.1) is 15.9 Å². The van der Waals surface area contributed by atoms with Gasteiger partial charge in [0.05, 0.1) is 22.1 Å². The SMILES string of the molecule is O=C(CCc1nc2sc3c(c2c(=O)[nH]1)CCC3)Nc1cc(F)cc([N+](=O)[O-])c1. The lowest BCUT2D eigenvalue weighted by Gasteiger charge is -2.06. The van der Waals surface area contributed by atoms with Crippen molar-refractivity contribution in [2.45, 2.75) is 32.1 Å². The summed E-state index contributed by atoms with van der Waals surface area (Å²) in [6.07, 6.45) is 3.09. The van der Waals surface area contributed by atoms with E-state index in [1.165, 1.54) is 16.2 Å². The third kappa shape index (κ3) is 3.50. The summed E-state index contributed by atoms with van der Waals surface area (Å²) in [5, 5.41) is 13.9. The van der Waals surface area contributed by atoms with Gasteiger partial charge in [-0.15, -0.1) is 11.3 Å². The van der Waals surface area contributed by atoms with Gasteiger partial charge in [-0.25, -0.2) is 9.37 Å². The van der Waals surface area contributed by atoms with E-state index in [0.29, 0.717) is 16.0 Å². The number of anilines is 1. The lowest BCUT2D eigenvalue weighted by atomic mass is 10.2. The molecule has 3 aromatic rings. The minimum absolute atomic E-state index is 0.00304. The zero-order valence-corrected chi connectivity index (χ0v) is 15.4. The summed E-state index contributed by atoms with van der Waals surface area (Å²) in [7, 11) is 0. The van der Waals surface area contributed by atoms with Crippen LogP contribution < -0.4 is 10.9 Å². The van der Waals surface area contributed by atoms with Gasteiger partial charge in [0.2, 0.25) is 5.91 Å². The average molecular weight is 402 g/mol. The predicted octanol–water partition coefficient (Wildman–Crippen LogP) is 3.09. The third-order valence-corrected chi connectivity index (χ3v) is 5.78. The van der Waals surface area contributed by atoms with Crippen LogP contribution >= 0.6 is 11.3 Å². The van der Waals surface area contributed by atoms with Crippen molar-refractivity contribution in [1.29, 1.82) is 0 Å². The van der Waals surface area contributed by atoms with Gasteiger partial charge in [0.1, 0.15) is 16.5 Å². The Morgan fingerprint density at radius 3 is 2.96 bits per heavy atom. The van der Waals surface area contributed by atoms with E-state index in [2.05, 4.69) is 15.3 Å². The summed E-state index contributed by atoms with van der Waals surface area (Å²) in [5.74, 6) is -0.874. The van der Waals surface area contributed by atoms with Crippen molar-refractivity contribution in [2.24, 2.45) is 0 Å². The molecule has 28 heavy (non-hydrogen) atoms. The van der Waals surface area contributed by atoms with Crippen molar-refractivity contribution in [3.05, 3.63) is 60.7 Å². The number of thiophene rings is 1. The molecular formula is C18H15FN4O4S. The van der Waals surface area contributed by atoms with Gasteiger partial charge in [-0.3, -0.25) is 19.7 Å². The molecule has 8 nitrogen and oxygen atoms in total. The number of benzene rings is 1. The number of carbonyl (C=O) groups excluding carboxylic acids is 1. The zero-order valence-electron chi connectivity index (χ0n) is 14.6. The molecule has 2 heterocycles. The van der Waals surface area contributed by atoms with Crippen LogP contribution in [0.4, 0.5) is 15.8 Å². The lowest BCUT2D eigenvalue weighted by molar-refractivity contribution is -0.385. The molecule has 1 aliphatic rings. The number of hydrogen-bond donors (Lipinski definition) is 2. The molecule has 2 aromatic heterocycles. The van der Waals surface area contributed by atoms with Crippen LogP contribution in [-0.2, 0) is 24.1 Å². The number of rotatable bonds is 5. The maximum absolute atomic E-state index is 13.4. The van der Waals surface area contributed by atoms with Crippen molar-refractivity contribution in [2.75, 3.05) is 5.32 Å². The monoisotopic (exact) mass is 402 g/mol. The van der Waals surface area contributed by atoms with Gasteiger partial charge < -0.3 is 10.3 Å². The number of aryl methyl sites for hydroxylation is 3. The first-order chi connectivity index (χ1) is 13.4. The Kier molecular flexibility index (Phi) is 4.63. The Morgan fingerprint density at radius 2 is 2.18 bits per heavy atom. The Bertz CT molecular complexity index is 1170. The number of halogens is 1. The van der Waals surface area contributed by atoms with Crippen LogP contribution in [0.1, 0.15) is 29.1 Å². The van der Waals surface area contributed by atoms with Gasteiger partial charge in [-0.1, -0.05) is 0 Å². The number of aromatic amines is 1. The van der Waals surface area contributed by atoms with E-state index in [1.807, 2.05) is 0 Å². The summed E-state index contributed by atoms with van der Waals surface area (Å²) < 4.78 is 13.4. The smallest absolute Gasteiger partial charge is 0.274 e. The normalized spacial score (nSPS) is 12.9. The summed E-state index contributed by atoms with van der Waals surface area (Å²) in [6, 6.07) is 2.86. The second-order valence-corrected chi connectivity index (χ2v) is 7.64.